The maximum Gasteiger partial charge on any atom is 0.345 e. The third-order valence-electron chi connectivity index (χ3n) is 3.53. The minimum absolute atomic E-state index is 0.186. The molecule has 3 N–H and O–H groups in total. The first-order valence-electron chi connectivity index (χ1n) is 7.38. The Morgan fingerprint density at radius 2 is 2.15 bits per heavy atom. The summed E-state index contributed by atoms with van der Waals surface area (Å²) in [5.41, 5.74) is 4.14. The Balaban J connectivity index is 1.99. The highest BCUT2D eigenvalue weighted by Crippen LogP contribution is 2.46. The first-order chi connectivity index (χ1) is 12.2. The second-order valence-corrected chi connectivity index (χ2v) is 10.1. The van der Waals surface area contributed by atoms with Gasteiger partial charge in [-0.25, -0.2) is 0 Å². The highest BCUT2D eigenvalue weighted by molar-refractivity contribution is 8.03. The molecule has 0 fully saturated rings. The molecule has 1 aliphatic heterocycles. The maximum atomic E-state index is 11.2. The molecule has 26 heavy (non-hydrogen) atoms. The van der Waals surface area contributed by atoms with E-state index in [4.69, 9.17) is 33.6 Å². The predicted octanol–water partition coefficient (Wildman–Crippen LogP) is 4.86. The van der Waals surface area contributed by atoms with Crippen LogP contribution in [0.5, 0.6) is 5.88 Å². The molecule has 6 nitrogen and oxygen atoms in total. The Bertz CT molecular complexity index is 1040. The van der Waals surface area contributed by atoms with Gasteiger partial charge in [-0.15, -0.1) is 11.3 Å². The van der Waals surface area contributed by atoms with Gasteiger partial charge in [-0.2, -0.15) is 0 Å². The molecule has 0 amide bonds. The molecule has 1 aliphatic rings. The first kappa shape index (κ1) is 19.7. The molecule has 0 aliphatic carbocycles. The van der Waals surface area contributed by atoms with Crippen molar-refractivity contribution in [1.29, 1.82) is 0 Å². The quantitative estimate of drug-likeness (QED) is 0.350. The van der Waals surface area contributed by atoms with E-state index in [1.807, 2.05) is 30.0 Å². The van der Waals surface area contributed by atoms with Crippen molar-refractivity contribution >= 4 is 66.3 Å². The molecule has 2 aromatic rings. The smallest absolute Gasteiger partial charge is 0.345 e. The van der Waals surface area contributed by atoms with E-state index in [1.165, 1.54) is 11.8 Å². The van der Waals surface area contributed by atoms with Crippen LogP contribution in [0.2, 0.25) is 5.02 Å². The van der Waals surface area contributed by atoms with Crippen molar-refractivity contribution in [3.63, 3.8) is 0 Å². The second kappa shape index (κ2) is 7.54. The molecule has 0 spiro atoms. The van der Waals surface area contributed by atoms with E-state index in [-0.39, 0.29) is 9.83 Å². The summed E-state index contributed by atoms with van der Waals surface area (Å²) in [4.78, 5) is 21.7. The zero-order valence-electron chi connectivity index (χ0n) is 13.4. The third kappa shape index (κ3) is 4.11. The molecule has 0 saturated carbocycles. The number of anilines is 1. The van der Waals surface area contributed by atoms with Crippen LogP contribution in [-0.4, -0.2) is 26.0 Å². The summed E-state index contributed by atoms with van der Waals surface area (Å²) in [6.07, 6.45) is 0.919. The third-order valence-corrected chi connectivity index (χ3v) is 6.89. The minimum atomic E-state index is -4.35. The highest BCUT2D eigenvalue weighted by Gasteiger charge is 2.24. The van der Waals surface area contributed by atoms with Gasteiger partial charge in [-0.1, -0.05) is 29.1 Å². The van der Waals surface area contributed by atoms with Crippen LogP contribution in [-0.2, 0) is 10.9 Å². The fourth-order valence-corrected chi connectivity index (χ4v) is 5.69. The predicted molar refractivity (Wildman–Crippen MR) is 109 cm³/mol. The highest BCUT2D eigenvalue weighted by atomic mass is 35.5. The lowest BCUT2D eigenvalue weighted by Crippen LogP contribution is -2.15. The molecule has 1 aromatic heterocycles. The monoisotopic (exact) mass is 448 g/mol. The van der Waals surface area contributed by atoms with E-state index in [2.05, 4.69) is 5.73 Å². The van der Waals surface area contributed by atoms with Crippen LogP contribution in [0.4, 0.5) is 5.69 Å². The number of nitrogens with zero attached hydrogens (tertiary/aromatic N) is 2. The van der Waals surface area contributed by atoms with Crippen LogP contribution in [0.15, 0.2) is 33.9 Å². The minimum Gasteiger partial charge on any atom is -0.493 e. The molecule has 2 heterocycles. The lowest BCUT2D eigenvalue weighted by molar-refractivity contribution is 0.352. The summed E-state index contributed by atoms with van der Waals surface area (Å²) in [6.45, 7) is 2.73. The zero-order valence-corrected chi connectivity index (χ0v) is 17.5. The van der Waals surface area contributed by atoms with Gasteiger partial charge in [-0.05, 0) is 37.3 Å². The fourth-order valence-electron chi connectivity index (χ4n) is 2.42. The van der Waals surface area contributed by atoms with Crippen molar-refractivity contribution in [3.8, 4) is 5.88 Å². The van der Waals surface area contributed by atoms with Gasteiger partial charge in [0.2, 0.25) is 5.88 Å². The number of aromatic hydroxyl groups is 1. The Hall–Kier alpha value is -1.02. The van der Waals surface area contributed by atoms with Gasteiger partial charge in [0, 0.05) is 22.5 Å². The van der Waals surface area contributed by atoms with Crippen LogP contribution in [0.25, 0.3) is 6.08 Å². The molecule has 1 aromatic carbocycles. The van der Waals surface area contributed by atoms with Gasteiger partial charge in [0.1, 0.15) is 11.3 Å². The summed E-state index contributed by atoms with van der Waals surface area (Å²) >= 11 is 13.8. The van der Waals surface area contributed by atoms with Crippen molar-refractivity contribution < 1.29 is 19.5 Å². The Morgan fingerprint density at radius 3 is 2.81 bits per heavy atom. The van der Waals surface area contributed by atoms with Crippen LogP contribution in [0.3, 0.4) is 0 Å². The van der Waals surface area contributed by atoms with Gasteiger partial charge in [-0.3, -0.25) is 9.13 Å². The zero-order chi connectivity index (χ0) is 19.1. The van der Waals surface area contributed by atoms with Gasteiger partial charge in [0.05, 0.1) is 10.6 Å². The largest absolute Gasteiger partial charge is 0.493 e. The number of benzene rings is 1. The van der Waals surface area contributed by atoms with Crippen LogP contribution >= 0.6 is 54.5 Å². The number of hydrogen-bond donors (Lipinski definition) is 3. The first-order valence-corrected chi connectivity index (χ1v) is 11.6. The number of rotatable bonds is 4. The average Bonchev–Trinajstić information content (AvgIpc) is 3.03. The second-order valence-electron chi connectivity index (χ2n) is 5.34. The van der Waals surface area contributed by atoms with E-state index in [0.29, 0.717) is 9.90 Å². The van der Waals surface area contributed by atoms with E-state index in [1.54, 1.807) is 6.08 Å². The summed E-state index contributed by atoms with van der Waals surface area (Å²) < 4.78 is 12.4. The molecule has 11 heteroatoms. The van der Waals surface area contributed by atoms with Crippen molar-refractivity contribution in [2.24, 2.45) is 0 Å². The van der Waals surface area contributed by atoms with Crippen LogP contribution in [0.1, 0.15) is 11.8 Å². The van der Waals surface area contributed by atoms with E-state index in [0.717, 1.165) is 38.1 Å². The average molecular weight is 449 g/mol. The number of halogens is 1. The molecule has 3 rings (SSSR count). The Morgan fingerprint density at radius 1 is 1.42 bits per heavy atom. The molecule has 0 bridgehead atoms. The van der Waals surface area contributed by atoms with E-state index >= 15 is 0 Å². The van der Waals surface area contributed by atoms with Gasteiger partial charge < -0.3 is 19.8 Å². The maximum absolute atomic E-state index is 11.2. The topological polar surface area (TPSA) is 85.9 Å². The normalized spacial score (nSPS) is 13.7. The number of thioether (sulfide) groups is 1. The van der Waals surface area contributed by atoms with Crippen molar-refractivity contribution in [3.05, 3.63) is 42.8 Å². The van der Waals surface area contributed by atoms with Crippen LogP contribution in [0, 0.1) is 3.95 Å². The lowest BCUT2D eigenvalue weighted by atomic mass is 10.3. The molecule has 0 saturated heterocycles. The number of thiazole rings is 1. The molecular formula is C15H14ClN2O4PS3. The van der Waals surface area contributed by atoms with Crippen LogP contribution < -0.4 is 4.90 Å². The Kier molecular flexibility index (Phi) is 5.72. The number of fused-ring (bicyclic) bond motifs is 1. The molecular weight excluding hydrogens is 435 g/mol. The standard InChI is InChI=1S/C15H14ClN2O4PS3/c1-2-17-10-7-9(16)3-4-11(10)25-13(17)6-5-12-14(19)18(15(24)26-12)8-23(20,21)22/h3-5,7,19H,2,8H2,1H3,(H2,20,21,22). The summed E-state index contributed by atoms with van der Waals surface area (Å²) in [6, 6.07) is 5.66. The van der Waals surface area contributed by atoms with Crippen molar-refractivity contribution in [1.82, 2.24) is 4.57 Å². The Labute approximate surface area is 168 Å². The van der Waals surface area contributed by atoms with Gasteiger partial charge in [0.25, 0.3) is 0 Å². The van der Waals surface area contributed by atoms with Gasteiger partial charge >= 0.3 is 7.60 Å². The van der Waals surface area contributed by atoms with Crippen molar-refractivity contribution in [2.45, 2.75) is 18.1 Å². The molecule has 0 atom stereocenters. The van der Waals surface area contributed by atoms with E-state index < -0.39 is 13.9 Å². The SMILES string of the molecule is CCN1C(=C=Cc2sc(=S)n(CP(=O)(O)O)c2O)Sc2ccc(Cl)cc21. The number of aromatic nitrogens is 1. The molecule has 0 unspecified atom stereocenters. The summed E-state index contributed by atoms with van der Waals surface area (Å²) in [5, 5.41) is 11.7. The van der Waals surface area contributed by atoms with E-state index in [9.17, 15) is 9.67 Å². The molecule has 0 radical (unpaired) electrons. The number of hydrogen-bond acceptors (Lipinski definition) is 6. The molecule has 138 valence electrons. The lowest BCUT2D eigenvalue weighted by Gasteiger charge is -2.16. The van der Waals surface area contributed by atoms with Gasteiger partial charge in [0.15, 0.2) is 3.95 Å². The summed E-state index contributed by atoms with van der Waals surface area (Å²) in [5.74, 6) is -0.275. The summed E-state index contributed by atoms with van der Waals surface area (Å²) in [7, 11) is -4.35. The fraction of sp³-hybridized carbons (Fsp3) is 0.200. The van der Waals surface area contributed by atoms with Crippen molar-refractivity contribution in [2.75, 3.05) is 11.4 Å².